The Labute approximate surface area is 131 Å². The minimum Gasteiger partial charge on any atom is -0.465 e. The molecule has 3 rings (SSSR count). The van der Waals surface area contributed by atoms with Crippen LogP contribution in [0.15, 0.2) is 16.5 Å². The Morgan fingerprint density at radius 3 is 2.91 bits per heavy atom. The van der Waals surface area contributed by atoms with E-state index >= 15 is 0 Å². The number of nitrogens with one attached hydrogen (secondary N) is 1. The third-order valence-electron chi connectivity index (χ3n) is 4.61. The number of furan rings is 1. The fourth-order valence-corrected chi connectivity index (χ4v) is 3.39. The maximum Gasteiger partial charge on any atom is 0.316 e. The lowest BCUT2D eigenvalue weighted by Crippen LogP contribution is -2.39. The molecule has 0 aliphatic carbocycles. The minimum absolute atomic E-state index is 0.0376. The molecule has 2 aliphatic heterocycles. The summed E-state index contributed by atoms with van der Waals surface area (Å²) in [5, 5.41) is 2.97. The number of carbonyl (C=O) groups is 1. The van der Waals surface area contributed by atoms with Gasteiger partial charge in [0.25, 0.3) is 0 Å². The van der Waals surface area contributed by atoms with Crippen molar-refractivity contribution in [1.82, 2.24) is 15.1 Å². The van der Waals surface area contributed by atoms with Crippen LogP contribution in [0.2, 0.25) is 0 Å². The molecule has 2 aliphatic rings. The van der Waals surface area contributed by atoms with E-state index in [2.05, 4.69) is 10.2 Å². The van der Waals surface area contributed by atoms with Crippen LogP contribution in [0.25, 0.3) is 0 Å². The Kier molecular flexibility index (Phi) is 4.40. The summed E-state index contributed by atoms with van der Waals surface area (Å²) in [7, 11) is 3.51. The summed E-state index contributed by atoms with van der Waals surface area (Å²) in [5.74, 6) is 2.86. The van der Waals surface area contributed by atoms with Gasteiger partial charge in [0.05, 0.1) is 19.3 Å². The van der Waals surface area contributed by atoms with Gasteiger partial charge in [0, 0.05) is 45.6 Å². The summed E-state index contributed by atoms with van der Waals surface area (Å²) in [6.45, 7) is 6.19. The van der Waals surface area contributed by atoms with Crippen molar-refractivity contribution in [2.45, 2.75) is 19.6 Å². The second kappa shape index (κ2) is 6.30. The summed E-state index contributed by atoms with van der Waals surface area (Å²) in [6, 6.07) is 4.01. The highest BCUT2D eigenvalue weighted by atomic mass is 16.5. The van der Waals surface area contributed by atoms with Crippen molar-refractivity contribution in [1.29, 1.82) is 0 Å². The summed E-state index contributed by atoms with van der Waals surface area (Å²) < 4.78 is 11.6. The molecule has 2 amide bonds. The van der Waals surface area contributed by atoms with Crippen molar-refractivity contribution in [3.8, 4) is 0 Å². The first-order valence-electron chi connectivity index (χ1n) is 7.87. The molecule has 0 spiro atoms. The molecule has 0 unspecified atom stereocenters. The lowest BCUT2D eigenvalue weighted by molar-refractivity contribution is 0.0928. The molecule has 0 radical (unpaired) electrons. The highest BCUT2D eigenvalue weighted by Crippen LogP contribution is 2.34. The molecular weight excluding hydrogens is 282 g/mol. The number of hydrogen-bond donors (Lipinski definition) is 1. The summed E-state index contributed by atoms with van der Waals surface area (Å²) in [6.07, 6.45) is 0.289. The van der Waals surface area contributed by atoms with Crippen molar-refractivity contribution in [2.75, 3.05) is 40.3 Å². The molecule has 3 atom stereocenters. The van der Waals surface area contributed by atoms with Gasteiger partial charge in [0.1, 0.15) is 11.5 Å². The van der Waals surface area contributed by atoms with E-state index in [9.17, 15) is 4.79 Å². The zero-order chi connectivity index (χ0) is 15.7. The highest BCUT2D eigenvalue weighted by molar-refractivity contribution is 5.73. The van der Waals surface area contributed by atoms with E-state index in [1.807, 2.05) is 19.1 Å². The van der Waals surface area contributed by atoms with Crippen LogP contribution >= 0.6 is 0 Å². The van der Waals surface area contributed by atoms with E-state index < -0.39 is 0 Å². The lowest BCUT2D eigenvalue weighted by Gasteiger charge is -2.20. The zero-order valence-corrected chi connectivity index (χ0v) is 13.5. The first-order chi connectivity index (χ1) is 10.5. The second-order valence-corrected chi connectivity index (χ2v) is 6.58. The van der Waals surface area contributed by atoms with Crippen LogP contribution in [0, 0.1) is 18.8 Å². The van der Waals surface area contributed by atoms with Crippen LogP contribution in [0.3, 0.4) is 0 Å². The number of ether oxygens (including phenoxy) is 1. The van der Waals surface area contributed by atoms with Crippen LogP contribution in [0.4, 0.5) is 4.79 Å². The van der Waals surface area contributed by atoms with Gasteiger partial charge >= 0.3 is 6.03 Å². The topological polar surface area (TPSA) is 58.0 Å². The summed E-state index contributed by atoms with van der Waals surface area (Å²) in [4.78, 5) is 15.6. The molecule has 0 bridgehead atoms. The maximum absolute atomic E-state index is 11.7. The van der Waals surface area contributed by atoms with Crippen molar-refractivity contribution in [3.05, 3.63) is 23.7 Å². The number of aryl methyl sites for hydroxylation is 1. The van der Waals surface area contributed by atoms with Gasteiger partial charge in [-0.3, -0.25) is 4.90 Å². The van der Waals surface area contributed by atoms with Gasteiger partial charge in [0.15, 0.2) is 0 Å². The Morgan fingerprint density at radius 1 is 1.41 bits per heavy atom. The van der Waals surface area contributed by atoms with E-state index in [0.29, 0.717) is 18.4 Å². The third kappa shape index (κ3) is 3.28. The number of fused-ring (bicyclic) bond motifs is 1. The van der Waals surface area contributed by atoms with E-state index in [1.165, 1.54) is 0 Å². The number of hydrogen-bond acceptors (Lipinski definition) is 4. The largest absolute Gasteiger partial charge is 0.465 e. The normalized spacial score (nSPS) is 27.9. The van der Waals surface area contributed by atoms with Crippen molar-refractivity contribution in [2.24, 2.45) is 11.8 Å². The van der Waals surface area contributed by atoms with Gasteiger partial charge in [-0.25, -0.2) is 4.79 Å². The Bertz CT molecular complexity index is 528. The standard InChI is InChI=1S/C16H25N3O3/c1-11-4-5-13(22-11)7-19-8-14-12(10-21-15(14)9-19)6-17-16(20)18(2)3/h4-5,12,14-15H,6-10H2,1-3H3,(H,17,20)/t12-,14-,15-/m1/s1. The van der Waals surface area contributed by atoms with E-state index in [4.69, 9.17) is 9.15 Å². The fraction of sp³-hybridized carbons (Fsp3) is 0.688. The quantitative estimate of drug-likeness (QED) is 0.911. The molecule has 0 aromatic carbocycles. The molecule has 2 saturated heterocycles. The molecule has 1 aromatic heterocycles. The number of likely N-dealkylation sites (tertiary alicyclic amines) is 1. The number of rotatable bonds is 4. The lowest BCUT2D eigenvalue weighted by atomic mass is 9.93. The Balaban J connectivity index is 1.51. The third-order valence-corrected chi connectivity index (χ3v) is 4.61. The molecular formula is C16H25N3O3. The summed E-state index contributed by atoms with van der Waals surface area (Å²) >= 11 is 0. The van der Waals surface area contributed by atoms with Crippen molar-refractivity contribution < 1.29 is 13.9 Å². The molecule has 3 heterocycles. The summed E-state index contributed by atoms with van der Waals surface area (Å²) in [5.41, 5.74) is 0. The first kappa shape index (κ1) is 15.4. The van der Waals surface area contributed by atoms with Gasteiger partial charge < -0.3 is 19.4 Å². The number of urea groups is 1. The van der Waals surface area contributed by atoms with Gasteiger partial charge in [-0.2, -0.15) is 0 Å². The average Bonchev–Trinajstić information content (AvgIpc) is 3.13. The van der Waals surface area contributed by atoms with E-state index in [-0.39, 0.29) is 12.1 Å². The number of nitrogens with zero attached hydrogens (tertiary/aromatic N) is 2. The van der Waals surface area contributed by atoms with Gasteiger partial charge in [-0.1, -0.05) is 0 Å². The minimum atomic E-state index is -0.0376. The van der Waals surface area contributed by atoms with E-state index in [0.717, 1.165) is 37.8 Å². The fourth-order valence-electron chi connectivity index (χ4n) is 3.39. The Morgan fingerprint density at radius 2 is 2.23 bits per heavy atom. The predicted octanol–water partition coefficient (Wildman–Crippen LogP) is 1.31. The Hall–Kier alpha value is -1.53. The molecule has 2 fully saturated rings. The second-order valence-electron chi connectivity index (χ2n) is 6.58. The molecule has 6 nitrogen and oxygen atoms in total. The highest BCUT2D eigenvalue weighted by Gasteiger charge is 2.43. The van der Waals surface area contributed by atoms with Crippen LogP contribution in [-0.4, -0.2) is 62.3 Å². The smallest absolute Gasteiger partial charge is 0.316 e. The number of amides is 2. The first-order valence-corrected chi connectivity index (χ1v) is 7.87. The maximum atomic E-state index is 11.7. The van der Waals surface area contributed by atoms with Crippen molar-refractivity contribution >= 4 is 6.03 Å². The molecule has 1 N–H and O–H groups in total. The van der Waals surface area contributed by atoms with Gasteiger partial charge in [-0.05, 0) is 19.1 Å². The van der Waals surface area contributed by atoms with Crippen LogP contribution in [-0.2, 0) is 11.3 Å². The van der Waals surface area contributed by atoms with Gasteiger partial charge in [-0.15, -0.1) is 0 Å². The van der Waals surface area contributed by atoms with Crippen LogP contribution in [0.5, 0.6) is 0 Å². The molecule has 1 aromatic rings. The number of carbonyl (C=O) groups excluding carboxylic acids is 1. The van der Waals surface area contributed by atoms with Crippen molar-refractivity contribution in [3.63, 3.8) is 0 Å². The SMILES string of the molecule is Cc1ccc(CN2C[C@@H]3[C@H](CNC(=O)N(C)C)CO[C@@H]3C2)o1. The molecule has 122 valence electrons. The molecule has 22 heavy (non-hydrogen) atoms. The molecule has 6 heteroatoms. The monoisotopic (exact) mass is 307 g/mol. The van der Waals surface area contributed by atoms with E-state index in [1.54, 1.807) is 19.0 Å². The van der Waals surface area contributed by atoms with Crippen LogP contribution < -0.4 is 5.32 Å². The van der Waals surface area contributed by atoms with Gasteiger partial charge in [0.2, 0.25) is 0 Å². The predicted molar refractivity (Wildman–Crippen MR) is 82.5 cm³/mol. The molecule has 0 saturated carbocycles. The average molecular weight is 307 g/mol. The zero-order valence-electron chi connectivity index (χ0n) is 13.5. The van der Waals surface area contributed by atoms with Crippen LogP contribution in [0.1, 0.15) is 11.5 Å².